The van der Waals surface area contributed by atoms with Crippen LogP contribution in [-0.4, -0.2) is 52.7 Å². The Hall–Kier alpha value is -3.21. The lowest BCUT2D eigenvalue weighted by molar-refractivity contribution is 0.0341. The van der Waals surface area contributed by atoms with Gasteiger partial charge in [0.15, 0.2) is 0 Å². The molecule has 2 atom stereocenters. The minimum Gasteiger partial charge on any atom is -0.396 e. The van der Waals surface area contributed by atoms with E-state index in [2.05, 4.69) is 58.3 Å². The Morgan fingerprint density at radius 1 is 1.13 bits per heavy atom. The monoisotopic (exact) mass is 525 g/mol. The highest BCUT2D eigenvalue weighted by atomic mass is 16.3. The standard InChI is InChI=1S/C32H39N5O2/c1-21(22-5-3-2-4-6-22)25-13-24-8-7-23(14-28(24)34-17-25)26-15-29(27(16-33)31-30(26)35-20-36-31)37-11-9-32(18-38,19-39)10-12-37/h7-8,14-15,17,20-22,25,38-39H,2-6,9-13,18-19H2,1H3,(H,35,36). The normalized spacial score (nSPS) is 22.0. The molecule has 3 heterocycles. The average molecular weight is 526 g/mol. The number of aromatic amines is 1. The number of piperidine rings is 1. The Kier molecular flexibility index (Phi) is 7.18. The number of hydrogen-bond donors (Lipinski definition) is 3. The maximum atomic E-state index is 10.1. The third-order valence-electron chi connectivity index (χ3n) is 9.95. The van der Waals surface area contributed by atoms with Gasteiger partial charge < -0.3 is 20.1 Å². The van der Waals surface area contributed by atoms with Gasteiger partial charge in [0.2, 0.25) is 0 Å². The van der Waals surface area contributed by atoms with Crippen LogP contribution in [0.1, 0.15) is 63.0 Å². The molecular weight excluding hydrogens is 486 g/mol. The van der Waals surface area contributed by atoms with Gasteiger partial charge in [0.25, 0.3) is 0 Å². The van der Waals surface area contributed by atoms with E-state index in [9.17, 15) is 15.5 Å². The van der Waals surface area contributed by atoms with E-state index in [1.54, 1.807) is 6.33 Å². The van der Waals surface area contributed by atoms with Crippen molar-refractivity contribution in [1.82, 2.24) is 9.97 Å². The van der Waals surface area contributed by atoms with E-state index in [0.717, 1.165) is 45.9 Å². The minimum absolute atomic E-state index is 0.0246. The Labute approximate surface area is 230 Å². The van der Waals surface area contributed by atoms with Crippen molar-refractivity contribution >= 4 is 28.6 Å². The summed E-state index contributed by atoms with van der Waals surface area (Å²) in [6.45, 7) is 3.71. The first-order valence-electron chi connectivity index (χ1n) is 14.6. The SMILES string of the molecule is CC(C1C=Nc2cc(-c3cc(N4CCC(CO)(CO)CC4)c(C#N)c4[nH]cnc34)ccc2C1)C1CCCCC1. The predicted molar refractivity (Wildman–Crippen MR) is 155 cm³/mol. The molecule has 0 radical (unpaired) electrons. The molecule has 0 bridgehead atoms. The number of aromatic nitrogens is 2. The summed E-state index contributed by atoms with van der Waals surface area (Å²) in [6.07, 6.45) is 13.1. The van der Waals surface area contributed by atoms with Gasteiger partial charge in [-0.25, -0.2) is 4.98 Å². The summed E-state index contributed by atoms with van der Waals surface area (Å²) in [5.41, 5.74) is 6.90. The number of aliphatic imine (C=N–C) groups is 1. The summed E-state index contributed by atoms with van der Waals surface area (Å²) in [4.78, 5) is 15.0. The van der Waals surface area contributed by atoms with Crippen LogP contribution in [0.25, 0.3) is 22.2 Å². The van der Waals surface area contributed by atoms with E-state index in [1.807, 2.05) is 0 Å². The van der Waals surface area contributed by atoms with Crippen LogP contribution in [-0.2, 0) is 6.42 Å². The van der Waals surface area contributed by atoms with Gasteiger partial charge in [-0.1, -0.05) is 51.2 Å². The first-order chi connectivity index (χ1) is 19.1. The molecule has 6 rings (SSSR count). The number of benzene rings is 2. The van der Waals surface area contributed by atoms with Gasteiger partial charge in [-0.15, -0.1) is 0 Å². The molecule has 3 aromatic rings. The Morgan fingerprint density at radius 2 is 1.90 bits per heavy atom. The van der Waals surface area contributed by atoms with Crippen LogP contribution in [0.15, 0.2) is 35.6 Å². The van der Waals surface area contributed by atoms with Crippen LogP contribution in [0.5, 0.6) is 0 Å². The highest BCUT2D eigenvalue weighted by Gasteiger charge is 2.35. The van der Waals surface area contributed by atoms with Gasteiger partial charge in [-0.3, -0.25) is 4.99 Å². The fraction of sp³-hybridized carbons (Fsp3) is 0.531. The van der Waals surface area contributed by atoms with Crippen molar-refractivity contribution in [3.8, 4) is 17.2 Å². The van der Waals surface area contributed by atoms with Crippen LogP contribution in [0.2, 0.25) is 0 Å². The average Bonchev–Trinajstić information content (AvgIpc) is 3.50. The zero-order chi connectivity index (χ0) is 27.0. The first kappa shape index (κ1) is 26.0. The van der Waals surface area contributed by atoms with Crippen molar-refractivity contribution in [1.29, 1.82) is 5.26 Å². The molecule has 2 fully saturated rings. The number of anilines is 1. The molecule has 7 nitrogen and oxygen atoms in total. The highest BCUT2D eigenvalue weighted by molar-refractivity contribution is 6.00. The maximum absolute atomic E-state index is 10.1. The zero-order valence-corrected chi connectivity index (χ0v) is 22.9. The van der Waals surface area contributed by atoms with Gasteiger partial charge in [0, 0.05) is 36.2 Å². The Morgan fingerprint density at radius 3 is 2.62 bits per heavy atom. The molecule has 2 unspecified atom stereocenters. The van der Waals surface area contributed by atoms with Crippen molar-refractivity contribution in [2.24, 2.45) is 28.2 Å². The number of nitriles is 1. The molecule has 0 spiro atoms. The van der Waals surface area contributed by atoms with Gasteiger partial charge in [0.05, 0.1) is 41.9 Å². The molecule has 3 aliphatic rings. The zero-order valence-electron chi connectivity index (χ0n) is 22.9. The van der Waals surface area contributed by atoms with Gasteiger partial charge in [0.1, 0.15) is 11.6 Å². The number of nitrogens with one attached hydrogen (secondary N) is 1. The molecule has 1 saturated carbocycles. The smallest absolute Gasteiger partial charge is 0.104 e. The Balaban J connectivity index is 1.31. The summed E-state index contributed by atoms with van der Waals surface area (Å²) in [7, 11) is 0. The summed E-state index contributed by atoms with van der Waals surface area (Å²) < 4.78 is 0. The summed E-state index contributed by atoms with van der Waals surface area (Å²) >= 11 is 0. The maximum Gasteiger partial charge on any atom is 0.104 e. The molecule has 204 valence electrons. The summed E-state index contributed by atoms with van der Waals surface area (Å²) in [5, 5.41) is 29.8. The number of aliphatic hydroxyl groups excluding tert-OH is 2. The summed E-state index contributed by atoms with van der Waals surface area (Å²) in [5.74, 6) is 1.97. The number of fused-ring (bicyclic) bond motifs is 2. The predicted octanol–water partition coefficient (Wildman–Crippen LogP) is 5.76. The van der Waals surface area contributed by atoms with Crippen LogP contribution < -0.4 is 4.90 Å². The number of rotatable bonds is 6. The summed E-state index contributed by atoms with van der Waals surface area (Å²) in [6, 6.07) is 11.1. The quantitative estimate of drug-likeness (QED) is 0.379. The Bertz CT molecular complexity index is 1400. The highest BCUT2D eigenvalue weighted by Crippen LogP contribution is 2.42. The van der Waals surface area contributed by atoms with Gasteiger partial charge in [-0.2, -0.15) is 5.26 Å². The lowest BCUT2D eigenvalue weighted by Gasteiger charge is -2.41. The third-order valence-corrected chi connectivity index (χ3v) is 9.95. The molecule has 7 heteroatoms. The molecule has 2 aromatic carbocycles. The van der Waals surface area contributed by atoms with Crippen LogP contribution in [0.3, 0.4) is 0 Å². The third kappa shape index (κ3) is 4.74. The topological polar surface area (TPSA) is 109 Å². The van der Waals surface area contributed by atoms with E-state index in [-0.39, 0.29) is 13.2 Å². The fourth-order valence-electron chi connectivity index (χ4n) is 7.10. The van der Waals surface area contributed by atoms with Crippen LogP contribution >= 0.6 is 0 Å². The second-order valence-corrected chi connectivity index (χ2v) is 12.1. The lowest BCUT2D eigenvalue weighted by Crippen LogP contribution is -2.44. The van der Waals surface area contributed by atoms with Crippen molar-refractivity contribution in [3.63, 3.8) is 0 Å². The second kappa shape index (κ2) is 10.7. The molecule has 1 aromatic heterocycles. The lowest BCUT2D eigenvalue weighted by atomic mass is 9.73. The van der Waals surface area contributed by atoms with Crippen molar-refractivity contribution in [2.75, 3.05) is 31.2 Å². The van der Waals surface area contributed by atoms with Crippen LogP contribution in [0, 0.1) is 34.5 Å². The number of nitrogens with zero attached hydrogens (tertiary/aromatic N) is 4. The van der Waals surface area contributed by atoms with E-state index in [0.29, 0.717) is 43.3 Å². The number of hydrogen-bond acceptors (Lipinski definition) is 6. The van der Waals surface area contributed by atoms with Crippen molar-refractivity contribution in [3.05, 3.63) is 41.7 Å². The first-order valence-corrected chi connectivity index (χ1v) is 14.6. The molecule has 2 aliphatic heterocycles. The fourth-order valence-corrected chi connectivity index (χ4v) is 7.10. The molecule has 1 saturated heterocycles. The van der Waals surface area contributed by atoms with E-state index < -0.39 is 5.41 Å². The molecule has 3 N–H and O–H groups in total. The molecular formula is C32H39N5O2. The minimum atomic E-state index is -0.451. The number of H-pyrrole nitrogens is 1. The van der Waals surface area contributed by atoms with Gasteiger partial charge in [-0.05, 0) is 54.4 Å². The number of imidazole rings is 1. The molecule has 0 amide bonds. The van der Waals surface area contributed by atoms with E-state index in [4.69, 9.17) is 4.99 Å². The van der Waals surface area contributed by atoms with E-state index in [1.165, 1.54) is 37.7 Å². The van der Waals surface area contributed by atoms with E-state index >= 15 is 0 Å². The molecule has 1 aliphatic carbocycles. The van der Waals surface area contributed by atoms with Crippen molar-refractivity contribution in [2.45, 2.75) is 58.3 Å². The van der Waals surface area contributed by atoms with Crippen LogP contribution in [0.4, 0.5) is 11.4 Å². The number of aliphatic hydroxyl groups is 2. The largest absolute Gasteiger partial charge is 0.396 e. The van der Waals surface area contributed by atoms with Crippen molar-refractivity contribution < 1.29 is 10.2 Å². The second-order valence-electron chi connectivity index (χ2n) is 12.1. The van der Waals surface area contributed by atoms with Gasteiger partial charge >= 0.3 is 0 Å². The molecule has 39 heavy (non-hydrogen) atoms.